The van der Waals surface area contributed by atoms with Gasteiger partial charge in [0, 0.05) is 25.9 Å². The van der Waals surface area contributed by atoms with E-state index < -0.39 is 29.3 Å². The largest absolute Gasteiger partial charge is 0.477 e. The molecule has 0 atom stereocenters. The van der Waals surface area contributed by atoms with Crippen LogP contribution in [-0.2, 0) is 11.0 Å². The van der Waals surface area contributed by atoms with E-state index in [2.05, 4.69) is 5.32 Å². The Morgan fingerprint density at radius 1 is 1.00 bits per heavy atom. The highest BCUT2D eigenvalue weighted by Gasteiger charge is 2.30. The quantitative estimate of drug-likeness (QED) is 0.471. The number of carboxylic acids is 1. The third-order valence-corrected chi connectivity index (χ3v) is 5.40. The third-order valence-electron chi connectivity index (χ3n) is 4.01. The van der Waals surface area contributed by atoms with Gasteiger partial charge in [-0.25, -0.2) is 4.79 Å². The molecule has 0 aliphatic carbocycles. The van der Waals surface area contributed by atoms with Gasteiger partial charge in [0.2, 0.25) is 0 Å². The van der Waals surface area contributed by atoms with Crippen molar-refractivity contribution < 1.29 is 27.9 Å². The van der Waals surface area contributed by atoms with Crippen LogP contribution >= 0.6 is 22.9 Å². The summed E-state index contributed by atoms with van der Waals surface area (Å²) >= 11 is 7.44. The minimum Gasteiger partial charge on any atom is -0.477 e. The van der Waals surface area contributed by atoms with Crippen molar-refractivity contribution in [1.29, 1.82) is 0 Å². The molecule has 154 valence electrons. The number of carbonyl (C=O) groups excluding carboxylic acids is 1. The molecule has 0 saturated carbocycles. The zero-order valence-corrected chi connectivity index (χ0v) is 16.6. The van der Waals surface area contributed by atoms with Gasteiger partial charge >= 0.3 is 12.1 Å². The number of carboxylic acid groups (broad SMARTS) is 1. The molecule has 1 aromatic heterocycles. The first-order valence-corrected chi connectivity index (χ1v) is 9.63. The van der Waals surface area contributed by atoms with Crippen LogP contribution in [0.4, 0.5) is 13.2 Å². The van der Waals surface area contributed by atoms with Crippen molar-refractivity contribution in [3.8, 4) is 10.4 Å². The highest BCUT2D eigenvalue weighted by molar-refractivity contribution is 7.16. The SMILES string of the molecule is O=C(O)/C(=C\c1ccc(-c2ccccc2Cl)s1)NC(=O)c1ccc(C(F)(F)F)cc1. The molecule has 30 heavy (non-hydrogen) atoms. The fourth-order valence-electron chi connectivity index (χ4n) is 2.53. The minimum atomic E-state index is -4.53. The zero-order chi connectivity index (χ0) is 21.9. The molecule has 1 amide bonds. The molecular weight excluding hydrogens is 439 g/mol. The lowest BCUT2D eigenvalue weighted by Crippen LogP contribution is -2.27. The summed E-state index contributed by atoms with van der Waals surface area (Å²) in [7, 11) is 0. The van der Waals surface area contributed by atoms with Crippen molar-refractivity contribution in [2.24, 2.45) is 0 Å². The lowest BCUT2D eigenvalue weighted by molar-refractivity contribution is -0.137. The van der Waals surface area contributed by atoms with Gasteiger partial charge in [-0.15, -0.1) is 11.3 Å². The molecule has 0 saturated heterocycles. The second-order valence-electron chi connectivity index (χ2n) is 6.07. The average molecular weight is 452 g/mol. The highest BCUT2D eigenvalue weighted by atomic mass is 35.5. The van der Waals surface area contributed by atoms with E-state index in [0.717, 1.165) is 34.7 Å². The van der Waals surface area contributed by atoms with Crippen LogP contribution in [-0.4, -0.2) is 17.0 Å². The zero-order valence-electron chi connectivity index (χ0n) is 15.0. The highest BCUT2D eigenvalue weighted by Crippen LogP contribution is 2.34. The van der Waals surface area contributed by atoms with Crippen LogP contribution in [0.1, 0.15) is 20.8 Å². The molecule has 0 bridgehead atoms. The predicted molar refractivity (Wildman–Crippen MR) is 109 cm³/mol. The molecule has 4 nitrogen and oxygen atoms in total. The number of aliphatic carboxylic acids is 1. The molecule has 2 aromatic carbocycles. The molecule has 0 fully saturated rings. The summed E-state index contributed by atoms with van der Waals surface area (Å²) in [6, 6.07) is 14.1. The molecule has 0 aliphatic rings. The summed E-state index contributed by atoms with van der Waals surface area (Å²) in [6.45, 7) is 0. The van der Waals surface area contributed by atoms with Crippen molar-refractivity contribution in [3.05, 3.63) is 87.4 Å². The molecule has 2 N–H and O–H groups in total. The Labute approximate surface area is 178 Å². The molecule has 0 aliphatic heterocycles. The maximum absolute atomic E-state index is 12.6. The van der Waals surface area contributed by atoms with Gasteiger partial charge in [-0.2, -0.15) is 13.2 Å². The lowest BCUT2D eigenvalue weighted by Gasteiger charge is -2.08. The van der Waals surface area contributed by atoms with Gasteiger partial charge in [0.25, 0.3) is 5.91 Å². The summed E-state index contributed by atoms with van der Waals surface area (Å²) in [5, 5.41) is 12.2. The Hall–Kier alpha value is -3.10. The number of carbonyl (C=O) groups is 2. The summed E-state index contributed by atoms with van der Waals surface area (Å²) in [4.78, 5) is 25.2. The number of amides is 1. The number of rotatable bonds is 5. The number of hydrogen-bond acceptors (Lipinski definition) is 3. The summed E-state index contributed by atoms with van der Waals surface area (Å²) < 4.78 is 37.9. The molecule has 9 heteroatoms. The number of nitrogens with one attached hydrogen (secondary N) is 1. The van der Waals surface area contributed by atoms with Crippen molar-refractivity contribution in [3.63, 3.8) is 0 Å². The van der Waals surface area contributed by atoms with Crippen molar-refractivity contribution in [1.82, 2.24) is 5.32 Å². The van der Waals surface area contributed by atoms with Crippen LogP contribution in [0.2, 0.25) is 5.02 Å². The van der Waals surface area contributed by atoms with Gasteiger partial charge in [-0.3, -0.25) is 4.79 Å². The number of alkyl halides is 3. The van der Waals surface area contributed by atoms with Gasteiger partial charge in [0.15, 0.2) is 0 Å². The standard InChI is InChI=1S/C21H13ClF3NO3S/c22-16-4-2-1-3-15(16)18-10-9-14(30-18)11-17(20(28)29)26-19(27)12-5-7-13(8-6-12)21(23,24)25/h1-11H,(H,26,27)(H,28,29)/b17-11+. The Morgan fingerprint density at radius 3 is 2.27 bits per heavy atom. The van der Waals surface area contributed by atoms with E-state index in [1.54, 1.807) is 24.3 Å². The molecule has 0 unspecified atom stereocenters. The number of halogens is 4. The van der Waals surface area contributed by atoms with Gasteiger partial charge in [-0.1, -0.05) is 29.8 Å². The Morgan fingerprint density at radius 2 is 1.67 bits per heavy atom. The maximum Gasteiger partial charge on any atom is 0.416 e. The van der Waals surface area contributed by atoms with E-state index >= 15 is 0 Å². The van der Waals surface area contributed by atoms with Crippen LogP contribution in [0.5, 0.6) is 0 Å². The van der Waals surface area contributed by atoms with Crippen LogP contribution in [0, 0.1) is 0 Å². The molecule has 0 spiro atoms. The monoisotopic (exact) mass is 451 g/mol. The molecule has 1 heterocycles. The summed E-state index contributed by atoms with van der Waals surface area (Å²) in [6.07, 6.45) is -3.25. The van der Waals surface area contributed by atoms with Crippen molar-refractivity contribution in [2.75, 3.05) is 0 Å². The second kappa shape index (κ2) is 8.73. The van der Waals surface area contributed by atoms with Gasteiger partial charge in [0.05, 0.1) is 5.56 Å². The molecular formula is C21H13ClF3NO3S. The minimum absolute atomic E-state index is 0.0990. The number of thiophene rings is 1. The van der Waals surface area contributed by atoms with E-state index in [1.165, 1.54) is 17.4 Å². The van der Waals surface area contributed by atoms with Crippen LogP contribution in [0.3, 0.4) is 0 Å². The Bertz CT molecular complexity index is 1120. The first kappa shape index (κ1) is 21.6. The second-order valence-corrected chi connectivity index (χ2v) is 7.60. The summed E-state index contributed by atoms with van der Waals surface area (Å²) in [5.74, 6) is -2.22. The first-order valence-electron chi connectivity index (χ1n) is 8.43. The van der Waals surface area contributed by atoms with Crippen molar-refractivity contribution >= 4 is 40.9 Å². The average Bonchev–Trinajstić information content (AvgIpc) is 3.15. The van der Waals surface area contributed by atoms with Crippen LogP contribution in [0.25, 0.3) is 16.5 Å². The summed E-state index contributed by atoms with van der Waals surface area (Å²) in [5.41, 5.74) is -0.626. The van der Waals surface area contributed by atoms with Gasteiger partial charge in [-0.05, 0) is 48.5 Å². The molecule has 0 radical (unpaired) electrons. The Balaban J connectivity index is 1.81. The van der Waals surface area contributed by atoms with E-state index in [0.29, 0.717) is 9.90 Å². The smallest absolute Gasteiger partial charge is 0.416 e. The normalized spacial score (nSPS) is 11.9. The predicted octanol–water partition coefficient (Wildman–Crippen LogP) is 5.94. The van der Waals surface area contributed by atoms with Gasteiger partial charge in [0.1, 0.15) is 5.70 Å². The fraction of sp³-hybridized carbons (Fsp3) is 0.0476. The van der Waals surface area contributed by atoms with E-state index in [-0.39, 0.29) is 5.56 Å². The lowest BCUT2D eigenvalue weighted by atomic mass is 10.1. The molecule has 3 rings (SSSR count). The van der Waals surface area contributed by atoms with Crippen LogP contribution in [0.15, 0.2) is 66.4 Å². The van der Waals surface area contributed by atoms with Gasteiger partial charge < -0.3 is 10.4 Å². The van der Waals surface area contributed by atoms with Crippen molar-refractivity contribution in [2.45, 2.75) is 6.18 Å². The molecule has 3 aromatic rings. The van der Waals surface area contributed by atoms with E-state index in [4.69, 9.17) is 11.6 Å². The number of hydrogen-bond donors (Lipinski definition) is 2. The topological polar surface area (TPSA) is 66.4 Å². The maximum atomic E-state index is 12.6. The fourth-order valence-corrected chi connectivity index (χ4v) is 3.82. The first-order chi connectivity index (χ1) is 14.1. The van der Waals surface area contributed by atoms with Crippen LogP contribution < -0.4 is 5.32 Å². The number of benzene rings is 2. The Kier molecular flexibility index (Phi) is 6.28. The van der Waals surface area contributed by atoms with E-state index in [1.807, 2.05) is 12.1 Å². The van der Waals surface area contributed by atoms with E-state index in [9.17, 15) is 27.9 Å². The third kappa shape index (κ3) is 5.08.